The minimum atomic E-state index is -0.118. The van der Waals surface area contributed by atoms with E-state index in [1.165, 1.54) is 11.3 Å². The fourth-order valence-corrected chi connectivity index (χ4v) is 3.75. The molecule has 0 saturated carbocycles. The Kier molecular flexibility index (Phi) is 3.02. The second-order valence-corrected chi connectivity index (χ2v) is 6.76. The summed E-state index contributed by atoms with van der Waals surface area (Å²) in [6.07, 6.45) is 1.69. The first-order valence-corrected chi connectivity index (χ1v) is 8.15. The highest BCUT2D eigenvalue weighted by molar-refractivity contribution is 9.10. The van der Waals surface area contributed by atoms with Gasteiger partial charge in [0.25, 0.3) is 5.56 Å². The van der Waals surface area contributed by atoms with Gasteiger partial charge in [-0.25, -0.2) is 9.38 Å². The van der Waals surface area contributed by atoms with Crippen molar-refractivity contribution in [3.63, 3.8) is 0 Å². The summed E-state index contributed by atoms with van der Waals surface area (Å²) < 4.78 is 3.00. The van der Waals surface area contributed by atoms with Crippen molar-refractivity contribution in [2.45, 2.75) is 0 Å². The first-order valence-electron chi connectivity index (χ1n) is 6.54. The monoisotopic (exact) mass is 372 g/mol. The van der Waals surface area contributed by atoms with Gasteiger partial charge in [0.05, 0.1) is 15.6 Å². The molecule has 6 heteroatoms. The first kappa shape index (κ1) is 13.5. The van der Waals surface area contributed by atoms with E-state index in [0.717, 1.165) is 15.5 Å². The van der Waals surface area contributed by atoms with E-state index in [1.807, 2.05) is 24.3 Å². The number of rotatable bonds is 1. The van der Waals surface area contributed by atoms with Gasteiger partial charge in [-0.05, 0) is 36.4 Å². The van der Waals surface area contributed by atoms with Crippen LogP contribution in [0.1, 0.15) is 5.56 Å². The number of para-hydroxylation sites is 2. The molecule has 108 valence electrons. The van der Waals surface area contributed by atoms with Crippen LogP contribution in [0.5, 0.6) is 5.75 Å². The number of nitrogens with zero attached hydrogens (tertiary/aromatic N) is 2. The Morgan fingerprint density at radius 1 is 1.23 bits per heavy atom. The van der Waals surface area contributed by atoms with E-state index in [2.05, 4.69) is 20.9 Å². The highest BCUT2D eigenvalue weighted by atomic mass is 79.9. The molecule has 4 rings (SSSR count). The molecular weight excluding hydrogens is 364 g/mol. The lowest BCUT2D eigenvalue weighted by molar-refractivity contribution is 0.474. The number of fused-ring (bicyclic) bond motifs is 3. The quantitative estimate of drug-likeness (QED) is 0.558. The van der Waals surface area contributed by atoms with Crippen LogP contribution in [0.25, 0.3) is 22.1 Å². The number of hydrogen-bond donors (Lipinski definition) is 1. The fraction of sp³-hybridized carbons (Fsp3) is 0. The highest BCUT2D eigenvalue weighted by Gasteiger charge is 2.10. The minimum Gasteiger partial charge on any atom is -0.507 e. The van der Waals surface area contributed by atoms with Crippen molar-refractivity contribution >= 4 is 49.3 Å². The Hall–Kier alpha value is -2.18. The molecule has 0 saturated heterocycles. The predicted octanol–water partition coefficient (Wildman–Crippen LogP) is 2.93. The van der Waals surface area contributed by atoms with Gasteiger partial charge in [0.2, 0.25) is 0 Å². The molecule has 0 aliphatic carbocycles. The van der Waals surface area contributed by atoms with Gasteiger partial charge in [-0.15, -0.1) is 0 Å². The van der Waals surface area contributed by atoms with E-state index in [4.69, 9.17) is 0 Å². The second kappa shape index (κ2) is 4.93. The summed E-state index contributed by atoms with van der Waals surface area (Å²) in [6.45, 7) is 0. The number of halogens is 1. The molecule has 2 aromatic carbocycles. The van der Waals surface area contributed by atoms with Gasteiger partial charge in [-0.2, -0.15) is 0 Å². The van der Waals surface area contributed by atoms with Gasteiger partial charge in [-0.1, -0.05) is 39.4 Å². The van der Waals surface area contributed by atoms with Crippen LogP contribution in [0, 0.1) is 0 Å². The van der Waals surface area contributed by atoms with Crippen molar-refractivity contribution < 1.29 is 5.11 Å². The molecule has 0 unspecified atom stereocenters. The van der Waals surface area contributed by atoms with Gasteiger partial charge >= 0.3 is 0 Å². The van der Waals surface area contributed by atoms with Gasteiger partial charge in [0.1, 0.15) is 5.75 Å². The van der Waals surface area contributed by atoms with Crippen LogP contribution in [0.15, 0.2) is 51.7 Å². The summed E-state index contributed by atoms with van der Waals surface area (Å²) in [4.78, 5) is 17.7. The van der Waals surface area contributed by atoms with Crippen molar-refractivity contribution in [1.82, 2.24) is 9.38 Å². The predicted molar refractivity (Wildman–Crippen MR) is 91.4 cm³/mol. The normalized spacial score (nSPS) is 12.5. The van der Waals surface area contributed by atoms with Crippen LogP contribution in [0.3, 0.4) is 0 Å². The molecule has 0 aliphatic heterocycles. The lowest BCUT2D eigenvalue weighted by Crippen LogP contribution is -2.22. The number of aromatic hydroxyl groups is 1. The molecule has 2 aromatic heterocycles. The SMILES string of the molecule is O=c1/c(=C/c2cc(Br)ccc2O)sc2nc3ccccc3n12. The van der Waals surface area contributed by atoms with Crippen LogP contribution in [0.4, 0.5) is 0 Å². The smallest absolute Gasteiger partial charge is 0.274 e. The van der Waals surface area contributed by atoms with Gasteiger partial charge in [0.15, 0.2) is 4.96 Å². The van der Waals surface area contributed by atoms with Crippen molar-refractivity contribution in [3.8, 4) is 5.75 Å². The number of aromatic nitrogens is 2. The molecule has 2 heterocycles. The number of hydrogen-bond acceptors (Lipinski definition) is 4. The number of benzene rings is 2. The zero-order valence-electron chi connectivity index (χ0n) is 11.2. The molecule has 0 atom stereocenters. The molecule has 0 bridgehead atoms. The van der Waals surface area contributed by atoms with Crippen LogP contribution in [-0.4, -0.2) is 14.5 Å². The maximum absolute atomic E-state index is 12.6. The van der Waals surface area contributed by atoms with Crippen molar-refractivity contribution in [2.75, 3.05) is 0 Å². The molecule has 0 amide bonds. The maximum Gasteiger partial charge on any atom is 0.274 e. The van der Waals surface area contributed by atoms with Gasteiger partial charge in [-0.3, -0.25) is 4.79 Å². The van der Waals surface area contributed by atoms with E-state index < -0.39 is 0 Å². The molecule has 4 aromatic rings. The molecular formula is C16H9BrN2O2S. The van der Waals surface area contributed by atoms with E-state index in [0.29, 0.717) is 15.1 Å². The maximum atomic E-state index is 12.6. The third-order valence-electron chi connectivity index (χ3n) is 3.42. The van der Waals surface area contributed by atoms with Crippen molar-refractivity contribution in [2.24, 2.45) is 0 Å². The molecule has 1 N–H and O–H groups in total. The molecule has 0 radical (unpaired) electrons. The van der Waals surface area contributed by atoms with Crippen LogP contribution < -0.4 is 10.1 Å². The van der Waals surface area contributed by atoms with Crippen LogP contribution >= 0.6 is 27.3 Å². The number of imidazole rings is 1. The standard InChI is InChI=1S/C16H9BrN2O2S/c17-10-5-6-13(20)9(7-10)8-14-15(21)19-12-4-2-1-3-11(12)18-16(19)22-14/h1-8,20H/b14-8-. The summed E-state index contributed by atoms with van der Waals surface area (Å²) in [5.41, 5.74) is 2.09. The van der Waals surface area contributed by atoms with Gasteiger partial charge in [0, 0.05) is 10.0 Å². The molecule has 22 heavy (non-hydrogen) atoms. The van der Waals surface area contributed by atoms with E-state index in [1.54, 1.807) is 28.7 Å². The first-order chi connectivity index (χ1) is 10.6. The highest BCUT2D eigenvalue weighted by Crippen LogP contribution is 2.22. The van der Waals surface area contributed by atoms with E-state index >= 15 is 0 Å². The fourth-order valence-electron chi connectivity index (χ4n) is 2.39. The summed E-state index contributed by atoms with van der Waals surface area (Å²) >= 11 is 4.68. The topological polar surface area (TPSA) is 54.6 Å². The summed E-state index contributed by atoms with van der Waals surface area (Å²) in [5.74, 6) is 0.137. The zero-order chi connectivity index (χ0) is 15.3. The number of phenols is 1. The molecule has 0 aliphatic rings. The Bertz CT molecular complexity index is 1130. The lowest BCUT2D eigenvalue weighted by atomic mass is 10.2. The number of thiazole rings is 1. The van der Waals surface area contributed by atoms with Gasteiger partial charge < -0.3 is 5.11 Å². The third-order valence-corrected chi connectivity index (χ3v) is 4.88. The Balaban J connectivity index is 2.04. The molecule has 0 spiro atoms. The van der Waals surface area contributed by atoms with E-state index in [9.17, 15) is 9.90 Å². The summed E-state index contributed by atoms with van der Waals surface area (Å²) in [5, 5.41) is 9.91. The Morgan fingerprint density at radius 2 is 2.05 bits per heavy atom. The minimum absolute atomic E-state index is 0.118. The summed E-state index contributed by atoms with van der Waals surface area (Å²) in [6, 6.07) is 12.7. The van der Waals surface area contributed by atoms with Crippen molar-refractivity contribution in [3.05, 3.63) is 67.4 Å². The average molecular weight is 373 g/mol. The van der Waals surface area contributed by atoms with E-state index in [-0.39, 0.29) is 11.3 Å². The molecule has 4 nitrogen and oxygen atoms in total. The zero-order valence-corrected chi connectivity index (χ0v) is 13.6. The Labute approximate surface area is 137 Å². The Morgan fingerprint density at radius 3 is 2.91 bits per heavy atom. The molecule has 0 fully saturated rings. The number of phenolic OH excluding ortho intramolecular Hbond substituents is 1. The van der Waals surface area contributed by atoms with Crippen LogP contribution in [0.2, 0.25) is 0 Å². The summed E-state index contributed by atoms with van der Waals surface area (Å²) in [7, 11) is 0. The average Bonchev–Trinajstić information content (AvgIpc) is 3.00. The lowest BCUT2D eigenvalue weighted by Gasteiger charge is -1.98. The largest absolute Gasteiger partial charge is 0.507 e. The van der Waals surface area contributed by atoms with Crippen LogP contribution in [-0.2, 0) is 0 Å². The van der Waals surface area contributed by atoms with Crippen molar-refractivity contribution in [1.29, 1.82) is 0 Å². The second-order valence-electron chi connectivity index (χ2n) is 4.84. The third kappa shape index (κ3) is 2.03.